The largest absolute Gasteiger partial charge is 0.347 e. The van der Waals surface area contributed by atoms with Gasteiger partial charge in [0.05, 0.1) is 12.1 Å². The zero-order chi connectivity index (χ0) is 14.0. The maximum absolute atomic E-state index is 13.6. The summed E-state index contributed by atoms with van der Waals surface area (Å²) < 4.78 is 13.6. The zero-order valence-electron chi connectivity index (χ0n) is 11.2. The van der Waals surface area contributed by atoms with Gasteiger partial charge in [-0.1, -0.05) is 11.6 Å². The third kappa shape index (κ3) is 3.20. The summed E-state index contributed by atoms with van der Waals surface area (Å²) >= 11 is 1.65. The van der Waals surface area contributed by atoms with E-state index in [2.05, 4.69) is 5.32 Å². The van der Waals surface area contributed by atoms with Crippen molar-refractivity contribution in [1.82, 2.24) is 5.32 Å². The Balaban J connectivity index is 2.07. The first kappa shape index (κ1) is 13.7. The number of benzene rings is 1. The first-order chi connectivity index (χ1) is 8.97. The Morgan fingerprint density at radius 3 is 2.63 bits per heavy atom. The molecule has 0 unspecified atom stereocenters. The van der Waals surface area contributed by atoms with Crippen molar-refractivity contribution in [2.24, 2.45) is 0 Å². The van der Waals surface area contributed by atoms with Crippen LogP contribution in [0.4, 0.5) is 4.39 Å². The Bertz CT molecular complexity index is 599. The van der Waals surface area contributed by atoms with E-state index >= 15 is 0 Å². The summed E-state index contributed by atoms with van der Waals surface area (Å²) in [5, 5.41) is 2.76. The number of halogens is 1. The number of nitrogens with one attached hydrogen (secondary N) is 1. The Kier molecular flexibility index (Phi) is 4.00. The number of hydrogen-bond acceptors (Lipinski definition) is 2. The first-order valence-electron chi connectivity index (χ1n) is 6.07. The summed E-state index contributed by atoms with van der Waals surface area (Å²) in [6.45, 7) is 6.36. The van der Waals surface area contributed by atoms with Crippen LogP contribution in [0.25, 0.3) is 0 Å². The van der Waals surface area contributed by atoms with Gasteiger partial charge in [-0.2, -0.15) is 0 Å². The average Bonchev–Trinajstić information content (AvgIpc) is 2.69. The molecule has 1 aromatic carbocycles. The van der Waals surface area contributed by atoms with E-state index in [0.717, 1.165) is 10.4 Å². The predicted octanol–water partition coefficient (Wildman–Crippen LogP) is 3.74. The van der Waals surface area contributed by atoms with E-state index in [9.17, 15) is 9.18 Å². The summed E-state index contributed by atoms with van der Waals surface area (Å²) in [6.07, 6.45) is 0. The molecule has 1 aromatic heterocycles. The smallest absolute Gasteiger partial charge is 0.254 e. The molecule has 19 heavy (non-hydrogen) atoms. The van der Waals surface area contributed by atoms with Crippen molar-refractivity contribution in [2.75, 3.05) is 0 Å². The number of aryl methyl sites for hydroxylation is 3. The third-order valence-electron chi connectivity index (χ3n) is 3.01. The lowest BCUT2D eigenvalue weighted by Gasteiger charge is -2.05. The quantitative estimate of drug-likeness (QED) is 0.909. The van der Waals surface area contributed by atoms with Crippen molar-refractivity contribution >= 4 is 17.2 Å². The molecule has 4 heteroatoms. The number of hydrogen-bond donors (Lipinski definition) is 1. The summed E-state index contributed by atoms with van der Waals surface area (Å²) in [5.74, 6) is -0.855. The van der Waals surface area contributed by atoms with Crippen LogP contribution in [0.15, 0.2) is 24.3 Å². The molecule has 1 N–H and O–H groups in total. The molecule has 100 valence electrons. The second-order valence-corrected chi connectivity index (χ2v) is 5.96. The summed E-state index contributed by atoms with van der Waals surface area (Å²) in [4.78, 5) is 14.3. The van der Waals surface area contributed by atoms with Crippen LogP contribution >= 0.6 is 11.3 Å². The molecule has 2 nitrogen and oxygen atoms in total. The predicted molar refractivity (Wildman–Crippen MR) is 76.1 cm³/mol. The van der Waals surface area contributed by atoms with Gasteiger partial charge in [0.15, 0.2) is 0 Å². The lowest BCUT2D eigenvalue weighted by Crippen LogP contribution is -2.23. The van der Waals surface area contributed by atoms with Crippen LogP contribution in [0.5, 0.6) is 0 Å². The van der Waals surface area contributed by atoms with Crippen molar-refractivity contribution in [2.45, 2.75) is 27.3 Å². The second-order valence-electron chi connectivity index (χ2n) is 4.62. The van der Waals surface area contributed by atoms with E-state index in [-0.39, 0.29) is 11.5 Å². The molecule has 0 aliphatic rings. The standard InChI is InChI=1S/C15H16FNOS/c1-9-4-5-14(16)13(6-9)15(18)17-8-12-7-10(2)11(3)19-12/h4-7H,8H2,1-3H3,(H,17,18). The van der Waals surface area contributed by atoms with Crippen LogP contribution in [0.3, 0.4) is 0 Å². The number of carbonyl (C=O) groups excluding carboxylic acids is 1. The molecule has 0 spiro atoms. The van der Waals surface area contributed by atoms with Crippen LogP contribution in [0.2, 0.25) is 0 Å². The van der Waals surface area contributed by atoms with Gasteiger partial charge in [-0.15, -0.1) is 11.3 Å². The monoisotopic (exact) mass is 277 g/mol. The molecule has 1 amide bonds. The lowest BCUT2D eigenvalue weighted by molar-refractivity contribution is 0.0947. The molecule has 1 heterocycles. The fraction of sp³-hybridized carbons (Fsp3) is 0.267. The molecule has 0 fully saturated rings. The average molecular weight is 277 g/mol. The molecule has 0 saturated carbocycles. The van der Waals surface area contributed by atoms with Gasteiger partial charge in [-0.25, -0.2) is 4.39 Å². The number of rotatable bonds is 3. The van der Waals surface area contributed by atoms with Gasteiger partial charge in [0, 0.05) is 9.75 Å². The van der Waals surface area contributed by atoms with E-state index in [1.54, 1.807) is 23.5 Å². The normalized spacial score (nSPS) is 10.5. The van der Waals surface area contributed by atoms with Gasteiger partial charge in [0.25, 0.3) is 5.91 Å². The van der Waals surface area contributed by atoms with E-state index in [4.69, 9.17) is 0 Å². The fourth-order valence-electron chi connectivity index (χ4n) is 1.81. The third-order valence-corrected chi connectivity index (χ3v) is 4.16. The topological polar surface area (TPSA) is 29.1 Å². The van der Waals surface area contributed by atoms with Crippen molar-refractivity contribution in [3.05, 3.63) is 56.5 Å². The molecule has 0 aliphatic heterocycles. The lowest BCUT2D eigenvalue weighted by atomic mass is 10.1. The van der Waals surface area contributed by atoms with E-state index < -0.39 is 5.82 Å². The Hall–Kier alpha value is -1.68. The molecule has 0 atom stereocenters. The minimum atomic E-state index is -0.485. The van der Waals surface area contributed by atoms with Gasteiger partial charge in [-0.05, 0) is 44.5 Å². The molecular weight excluding hydrogens is 261 g/mol. The first-order valence-corrected chi connectivity index (χ1v) is 6.89. The number of amides is 1. The van der Waals surface area contributed by atoms with Crippen molar-refractivity contribution in [1.29, 1.82) is 0 Å². The molecule has 0 saturated heterocycles. The number of carbonyl (C=O) groups is 1. The van der Waals surface area contributed by atoms with Crippen molar-refractivity contribution in [3.8, 4) is 0 Å². The van der Waals surface area contributed by atoms with Crippen LogP contribution in [0.1, 0.15) is 31.2 Å². The second kappa shape index (κ2) is 5.53. The van der Waals surface area contributed by atoms with Crippen molar-refractivity contribution in [3.63, 3.8) is 0 Å². The number of thiophene rings is 1. The molecular formula is C15H16FNOS. The Morgan fingerprint density at radius 2 is 2.00 bits per heavy atom. The highest BCUT2D eigenvalue weighted by atomic mass is 32.1. The summed E-state index contributed by atoms with van der Waals surface area (Å²) in [5.41, 5.74) is 2.19. The summed E-state index contributed by atoms with van der Waals surface area (Å²) in [7, 11) is 0. The molecule has 0 bridgehead atoms. The van der Waals surface area contributed by atoms with Gasteiger partial charge < -0.3 is 5.32 Å². The molecule has 2 aromatic rings. The van der Waals surface area contributed by atoms with Crippen molar-refractivity contribution < 1.29 is 9.18 Å². The molecule has 0 aliphatic carbocycles. The van der Waals surface area contributed by atoms with Gasteiger partial charge in [-0.3, -0.25) is 4.79 Å². The minimum absolute atomic E-state index is 0.102. The van der Waals surface area contributed by atoms with E-state index in [0.29, 0.717) is 6.54 Å². The van der Waals surface area contributed by atoms with Crippen LogP contribution in [0, 0.1) is 26.6 Å². The minimum Gasteiger partial charge on any atom is -0.347 e. The Labute approximate surface area is 116 Å². The van der Waals surface area contributed by atoms with E-state index in [1.165, 1.54) is 16.5 Å². The van der Waals surface area contributed by atoms with E-state index in [1.807, 2.05) is 26.8 Å². The van der Waals surface area contributed by atoms with Crippen LogP contribution < -0.4 is 5.32 Å². The van der Waals surface area contributed by atoms with Crippen LogP contribution in [-0.4, -0.2) is 5.91 Å². The van der Waals surface area contributed by atoms with Gasteiger partial charge in [0.1, 0.15) is 5.82 Å². The maximum Gasteiger partial charge on any atom is 0.254 e. The Morgan fingerprint density at radius 1 is 1.26 bits per heavy atom. The van der Waals surface area contributed by atoms with Gasteiger partial charge >= 0.3 is 0 Å². The van der Waals surface area contributed by atoms with Crippen LogP contribution in [-0.2, 0) is 6.54 Å². The summed E-state index contributed by atoms with van der Waals surface area (Å²) in [6, 6.07) is 6.59. The molecule has 2 rings (SSSR count). The van der Waals surface area contributed by atoms with Gasteiger partial charge in [0.2, 0.25) is 0 Å². The highest BCUT2D eigenvalue weighted by Crippen LogP contribution is 2.20. The highest BCUT2D eigenvalue weighted by Gasteiger charge is 2.12. The highest BCUT2D eigenvalue weighted by molar-refractivity contribution is 7.12. The zero-order valence-corrected chi connectivity index (χ0v) is 12.0. The molecule has 0 radical (unpaired) electrons. The maximum atomic E-state index is 13.6. The fourth-order valence-corrected chi connectivity index (χ4v) is 2.81. The SMILES string of the molecule is Cc1ccc(F)c(C(=O)NCc2cc(C)c(C)s2)c1.